The molecule has 0 bridgehead atoms. The third-order valence-electron chi connectivity index (χ3n) is 2.69. The molecule has 5 heteroatoms. The van der Waals surface area contributed by atoms with Gasteiger partial charge in [0.05, 0.1) is 19.4 Å². The molecule has 100 valence electrons. The summed E-state index contributed by atoms with van der Waals surface area (Å²) in [6.07, 6.45) is 0. The monoisotopic (exact) mass is 277 g/mol. The molecule has 0 atom stereocenters. The molecule has 19 heavy (non-hydrogen) atoms. The van der Waals surface area contributed by atoms with Crippen molar-refractivity contribution in [3.8, 4) is 16.9 Å². The molecule has 2 rings (SSSR count). The Labute approximate surface area is 115 Å². The molecular weight excluding hydrogens is 262 g/mol. The van der Waals surface area contributed by atoms with E-state index in [0.717, 1.165) is 16.9 Å². The average Bonchev–Trinajstić information content (AvgIpc) is 2.81. The summed E-state index contributed by atoms with van der Waals surface area (Å²) in [5, 5.41) is 1.86. The molecule has 0 aliphatic carbocycles. The number of methoxy groups -OCH3 is 1. The van der Waals surface area contributed by atoms with Crippen molar-refractivity contribution in [2.75, 3.05) is 19.5 Å². The van der Waals surface area contributed by atoms with Gasteiger partial charge in [0, 0.05) is 10.9 Å². The third kappa shape index (κ3) is 2.71. The highest BCUT2D eigenvalue weighted by Gasteiger charge is 2.17. The molecule has 0 aliphatic rings. The van der Waals surface area contributed by atoms with Gasteiger partial charge in [-0.3, -0.25) is 0 Å². The Hall–Kier alpha value is -2.01. The van der Waals surface area contributed by atoms with Crippen LogP contribution in [0.4, 0.5) is 5.69 Å². The summed E-state index contributed by atoms with van der Waals surface area (Å²) < 4.78 is 10.1. The van der Waals surface area contributed by atoms with Crippen molar-refractivity contribution in [3.05, 3.63) is 34.5 Å². The number of benzene rings is 1. The van der Waals surface area contributed by atoms with Gasteiger partial charge < -0.3 is 15.2 Å². The summed E-state index contributed by atoms with van der Waals surface area (Å²) in [4.78, 5) is 12.2. The van der Waals surface area contributed by atoms with Crippen molar-refractivity contribution < 1.29 is 14.3 Å². The second-order valence-corrected chi connectivity index (χ2v) is 4.72. The average molecular weight is 277 g/mol. The molecule has 1 aromatic heterocycles. The molecule has 0 spiro atoms. The Bertz CT molecular complexity index is 575. The van der Waals surface area contributed by atoms with Gasteiger partial charge >= 0.3 is 5.97 Å². The number of anilines is 1. The summed E-state index contributed by atoms with van der Waals surface area (Å²) >= 11 is 1.30. The van der Waals surface area contributed by atoms with E-state index in [1.54, 1.807) is 14.0 Å². The number of carbonyl (C=O) groups excluding carboxylic acids is 1. The molecule has 0 aliphatic heterocycles. The van der Waals surface area contributed by atoms with Gasteiger partial charge in [0.2, 0.25) is 0 Å². The zero-order chi connectivity index (χ0) is 13.8. The van der Waals surface area contributed by atoms with Crippen LogP contribution in [0.2, 0.25) is 0 Å². The molecular formula is C14H15NO3S. The van der Waals surface area contributed by atoms with E-state index in [1.165, 1.54) is 11.3 Å². The zero-order valence-corrected chi connectivity index (χ0v) is 11.6. The summed E-state index contributed by atoms with van der Waals surface area (Å²) in [5.41, 5.74) is 8.27. The lowest BCUT2D eigenvalue weighted by Crippen LogP contribution is -2.05. The molecule has 1 heterocycles. The van der Waals surface area contributed by atoms with Crippen molar-refractivity contribution >= 4 is 23.0 Å². The van der Waals surface area contributed by atoms with Crippen LogP contribution >= 0.6 is 11.3 Å². The SMILES string of the molecule is CCOC(=O)c1scc(-c2ccc(OC)cc2)c1N. The van der Waals surface area contributed by atoms with Crippen LogP contribution in [0, 0.1) is 0 Å². The molecule has 0 amide bonds. The smallest absolute Gasteiger partial charge is 0.350 e. The lowest BCUT2D eigenvalue weighted by Gasteiger charge is -2.04. The first-order valence-corrected chi connectivity index (χ1v) is 6.73. The quantitative estimate of drug-likeness (QED) is 0.872. The number of ether oxygens (including phenoxy) is 2. The van der Waals surface area contributed by atoms with Crippen LogP contribution in [-0.4, -0.2) is 19.7 Å². The molecule has 0 saturated heterocycles. The van der Waals surface area contributed by atoms with E-state index in [9.17, 15) is 4.79 Å². The zero-order valence-electron chi connectivity index (χ0n) is 10.8. The maximum Gasteiger partial charge on any atom is 0.350 e. The predicted octanol–water partition coefficient (Wildman–Crippen LogP) is 3.18. The first kappa shape index (κ1) is 13.4. The molecule has 1 aromatic carbocycles. The predicted molar refractivity (Wildman–Crippen MR) is 76.7 cm³/mol. The van der Waals surface area contributed by atoms with Crippen molar-refractivity contribution in [2.45, 2.75) is 6.92 Å². The van der Waals surface area contributed by atoms with E-state index in [0.29, 0.717) is 17.2 Å². The summed E-state index contributed by atoms with van der Waals surface area (Å²) in [6, 6.07) is 7.53. The Morgan fingerprint density at radius 2 is 2.00 bits per heavy atom. The number of rotatable bonds is 4. The highest BCUT2D eigenvalue weighted by atomic mass is 32.1. The maximum atomic E-state index is 11.7. The molecule has 2 aromatic rings. The minimum atomic E-state index is -0.371. The van der Waals surface area contributed by atoms with E-state index in [-0.39, 0.29) is 5.97 Å². The fraction of sp³-hybridized carbons (Fsp3) is 0.214. The molecule has 4 nitrogen and oxygen atoms in total. The Balaban J connectivity index is 2.32. The standard InChI is InChI=1S/C14H15NO3S/c1-3-18-14(16)13-12(15)11(8-19-13)9-4-6-10(17-2)7-5-9/h4-8H,3,15H2,1-2H3. The Morgan fingerprint density at radius 1 is 1.32 bits per heavy atom. The minimum Gasteiger partial charge on any atom is -0.497 e. The minimum absolute atomic E-state index is 0.341. The van der Waals surface area contributed by atoms with Gasteiger partial charge in [-0.2, -0.15) is 0 Å². The molecule has 0 fully saturated rings. The summed E-state index contributed by atoms with van der Waals surface area (Å²) in [6.45, 7) is 2.11. The van der Waals surface area contributed by atoms with E-state index in [2.05, 4.69) is 0 Å². The maximum absolute atomic E-state index is 11.7. The van der Waals surface area contributed by atoms with Crippen LogP contribution in [0.3, 0.4) is 0 Å². The van der Waals surface area contributed by atoms with Crippen LogP contribution in [0.5, 0.6) is 5.75 Å². The number of nitrogen functional groups attached to an aromatic ring is 1. The van der Waals surface area contributed by atoms with E-state index >= 15 is 0 Å². The van der Waals surface area contributed by atoms with E-state index in [1.807, 2.05) is 29.6 Å². The normalized spacial score (nSPS) is 10.2. The number of hydrogen-bond acceptors (Lipinski definition) is 5. The van der Waals surface area contributed by atoms with Gasteiger partial charge in [0.1, 0.15) is 10.6 Å². The van der Waals surface area contributed by atoms with Crippen molar-refractivity contribution in [1.82, 2.24) is 0 Å². The van der Waals surface area contributed by atoms with E-state index in [4.69, 9.17) is 15.2 Å². The molecule has 0 radical (unpaired) electrons. The van der Waals surface area contributed by atoms with Gasteiger partial charge in [0.15, 0.2) is 0 Å². The van der Waals surface area contributed by atoms with Crippen LogP contribution in [0.1, 0.15) is 16.6 Å². The van der Waals surface area contributed by atoms with Crippen molar-refractivity contribution in [2.24, 2.45) is 0 Å². The van der Waals surface area contributed by atoms with Crippen molar-refractivity contribution in [1.29, 1.82) is 0 Å². The number of nitrogens with two attached hydrogens (primary N) is 1. The topological polar surface area (TPSA) is 61.5 Å². The summed E-state index contributed by atoms with van der Waals surface area (Å²) in [7, 11) is 1.62. The van der Waals surface area contributed by atoms with Crippen LogP contribution < -0.4 is 10.5 Å². The highest BCUT2D eigenvalue weighted by molar-refractivity contribution is 7.13. The lowest BCUT2D eigenvalue weighted by molar-refractivity contribution is 0.0533. The fourth-order valence-corrected chi connectivity index (χ4v) is 2.61. The Morgan fingerprint density at radius 3 is 2.58 bits per heavy atom. The fourth-order valence-electron chi connectivity index (χ4n) is 1.72. The number of hydrogen-bond donors (Lipinski definition) is 1. The van der Waals surface area contributed by atoms with E-state index < -0.39 is 0 Å². The first-order chi connectivity index (χ1) is 9.17. The molecule has 2 N–H and O–H groups in total. The van der Waals surface area contributed by atoms with Gasteiger partial charge in [-0.1, -0.05) is 12.1 Å². The van der Waals surface area contributed by atoms with Gasteiger partial charge in [-0.05, 0) is 24.6 Å². The Kier molecular flexibility index (Phi) is 4.06. The highest BCUT2D eigenvalue weighted by Crippen LogP contribution is 2.35. The second kappa shape index (κ2) is 5.75. The van der Waals surface area contributed by atoms with Gasteiger partial charge in [-0.15, -0.1) is 11.3 Å². The number of thiophene rings is 1. The summed E-state index contributed by atoms with van der Waals surface area (Å²) in [5.74, 6) is 0.410. The lowest BCUT2D eigenvalue weighted by atomic mass is 10.1. The molecule has 0 saturated carbocycles. The second-order valence-electron chi connectivity index (χ2n) is 3.84. The largest absolute Gasteiger partial charge is 0.497 e. The third-order valence-corrected chi connectivity index (χ3v) is 3.67. The van der Waals surface area contributed by atoms with Crippen LogP contribution in [0.25, 0.3) is 11.1 Å². The number of esters is 1. The molecule has 0 unspecified atom stereocenters. The number of carbonyl (C=O) groups is 1. The van der Waals surface area contributed by atoms with Gasteiger partial charge in [-0.25, -0.2) is 4.79 Å². The van der Waals surface area contributed by atoms with Crippen LogP contribution in [0.15, 0.2) is 29.6 Å². The van der Waals surface area contributed by atoms with Crippen molar-refractivity contribution in [3.63, 3.8) is 0 Å². The van der Waals surface area contributed by atoms with Crippen LogP contribution in [-0.2, 0) is 4.74 Å². The van der Waals surface area contributed by atoms with Gasteiger partial charge in [0.25, 0.3) is 0 Å². The first-order valence-electron chi connectivity index (χ1n) is 5.85.